The van der Waals surface area contributed by atoms with E-state index in [0.717, 1.165) is 22.8 Å². The molecule has 2 heterocycles. The molecule has 6 nitrogen and oxygen atoms in total. The number of amides is 2. The van der Waals surface area contributed by atoms with Crippen molar-refractivity contribution in [2.45, 2.75) is 26.1 Å². The van der Waals surface area contributed by atoms with Gasteiger partial charge in [-0.05, 0) is 48.9 Å². The molecule has 0 fully saturated rings. The number of urea groups is 1. The maximum atomic E-state index is 12.4. The molecule has 0 bridgehead atoms. The van der Waals surface area contributed by atoms with Crippen molar-refractivity contribution in [3.05, 3.63) is 84.1 Å². The SMILES string of the molecule is C[C@@H](NC(=O)N(C)Cc1ccco1)c1cccc(OCc2ccccn2)c1. The zero-order chi connectivity index (χ0) is 19.1. The number of nitrogens with one attached hydrogen (secondary N) is 1. The molecule has 1 N–H and O–H groups in total. The molecule has 6 heteroatoms. The van der Waals surface area contributed by atoms with Crippen molar-refractivity contribution in [1.82, 2.24) is 15.2 Å². The minimum atomic E-state index is -0.168. The molecule has 0 radical (unpaired) electrons. The molecule has 27 heavy (non-hydrogen) atoms. The van der Waals surface area contributed by atoms with Crippen LogP contribution in [0.1, 0.15) is 30.0 Å². The summed E-state index contributed by atoms with van der Waals surface area (Å²) in [5.41, 5.74) is 1.83. The van der Waals surface area contributed by atoms with E-state index in [1.54, 1.807) is 30.5 Å². The molecule has 3 rings (SSSR count). The van der Waals surface area contributed by atoms with Crippen molar-refractivity contribution >= 4 is 6.03 Å². The van der Waals surface area contributed by atoms with Crippen LogP contribution in [0.3, 0.4) is 0 Å². The first kappa shape index (κ1) is 18.5. The highest BCUT2D eigenvalue weighted by molar-refractivity contribution is 5.74. The van der Waals surface area contributed by atoms with Crippen molar-refractivity contribution in [3.63, 3.8) is 0 Å². The highest BCUT2D eigenvalue weighted by atomic mass is 16.5. The van der Waals surface area contributed by atoms with E-state index in [0.29, 0.717) is 13.2 Å². The first-order valence-electron chi connectivity index (χ1n) is 8.78. The third kappa shape index (κ3) is 5.34. The lowest BCUT2D eigenvalue weighted by Gasteiger charge is -2.21. The summed E-state index contributed by atoms with van der Waals surface area (Å²) in [5.74, 6) is 1.48. The summed E-state index contributed by atoms with van der Waals surface area (Å²) in [4.78, 5) is 18.2. The molecule has 1 aromatic carbocycles. The number of furan rings is 1. The Balaban J connectivity index is 1.56. The Kier molecular flexibility index (Phi) is 6.10. The zero-order valence-corrected chi connectivity index (χ0v) is 15.5. The molecule has 0 saturated heterocycles. The van der Waals surface area contributed by atoms with Crippen LogP contribution in [0, 0.1) is 0 Å². The molecule has 0 spiro atoms. The summed E-state index contributed by atoms with van der Waals surface area (Å²) in [7, 11) is 1.73. The second-order valence-corrected chi connectivity index (χ2v) is 6.29. The second kappa shape index (κ2) is 8.89. The quantitative estimate of drug-likeness (QED) is 0.683. The fourth-order valence-electron chi connectivity index (χ4n) is 2.60. The van der Waals surface area contributed by atoms with Crippen LogP contribution in [-0.2, 0) is 13.2 Å². The average Bonchev–Trinajstić information content (AvgIpc) is 3.20. The second-order valence-electron chi connectivity index (χ2n) is 6.29. The Hall–Kier alpha value is -3.28. The minimum Gasteiger partial charge on any atom is -0.487 e. The average molecular weight is 365 g/mol. The van der Waals surface area contributed by atoms with Gasteiger partial charge in [0, 0.05) is 13.2 Å². The summed E-state index contributed by atoms with van der Waals surface area (Å²) >= 11 is 0. The lowest BCUT2D eigenvalue weighted by atomic mass is 10.1. The first-order chi connectivity index (χ1) is 13.1. The van der Waals surface area contributed by atoms with Crippen molar-refractivity contribution in [2.24, 2.45) is 0 Å². The summed E-state index contributed by atoms with van der Waals surface area (Å²) < 4.78 is 11.1. The number of pyridine rings is 1. The van der Waals surface area contributed by atoms with Gasteiger partial charge in [-0.15, -0.1) is 0 Å². The van der Waals surface area contributed by atoms with Gasteiger partial charge in [0.1, 0.15) is 18.1 Å². The number of carbonyl (C=O) groups excluding carboxylic acids is 1. The monoisotopic (exact) mass is 365 g/mol. The molecule has 2 aromatic heterocycles. The lowest BCUT2D eigenvalue weighted by molar-refractivity contribution is 0.199. The third-order valence-corrected chi connectivity index (χ3v) is 4.13. The van der Waals surface area contributed by atoms with Gasteiger partial charge in [-0.3, -0.25) is 4.98 Å². The lowest BCUT2D eigenvalue weighted by Crippen LogP contribution is -2.38. The predicted molar refractivity (Wildman–Crippen MR) is 102 cm³/mol. The van der Waals surface area contributed by atoms with Gasteiger partial charge in [-0.25, -0.2) is 4.79 Å². The van der Waals surface area contributed by atoms with E-state index in [-0.39, 0.29) is 12.1 Å². The van der Waals surface area contributed by atoms with Gasteiger partial charge in [0.25, 0.3) is 0 Å². The van der Waals surface area contributed by atoms with E-state index < -0.39 is 0 Å². The number of ether oxygens (including phenoxy) is 1. The Bertz CT molecular complexity index is 850. The third-order valence-electron chi connectivity index (χ3n) is 4.13. The summed E-state index contributed by atoms with van der Waals surface area (Å²) in [6.07, 6.45) is 3.34. The minimum absolute atomic E-state index is 0.157. The van der Waals surface area contributed by atoms with E-state index in [1.165, 1.54) is 0 Å². The Morgan fingerprint density at radius 1 is 1.22 bits per heavy atom. The van der Waals surface area contributed by atoms with Crippen molar-refractivity contribution < 1.29 is 13.9 Å². The smallest absolute Gasteiger partial charge is 0.318 e. The van der Waals surface area contributed by atoms with Crippen LogP contribution in [0.25, 0.3) is 0 Å². The number of rotatable bonds is 7. The molecule has 3 aromatic rings. The number of benzene rings is 1. The van der Waals surface area contributed by atoms with Gasteiger partial charge in [0.05, 0.1) is 24.5 Å². The van der Waals surface area contributed by atoms with Crippen molar-refractivity contribution in [3.8, 4) is 5.75 Å². The highest BCUT2D eigenvalue weighted by Gasteiger charge is 2.15. The maximum absolute atomic E-state index is 12.4. The number of nitrogens with zero attached hydrogens (tertiary/aromatic N) is 2. The summed E-state index contributed by atoms with van der Waals surface area (Å²) in [6.45, 7) is 2.76. The van der Waals surface area contributed by atoms with Gasteiger partial charge in [0.2, 0.25) is 0 Å². The van der Waals surface area contributed by atoms with Crippen LogP contribution in [0.15, 0.2) is 71.5 Å². The largest absolute Gasteiger partial charge is 0.487 e. The van der Waals surface area contributed by atoms with E-state index in [2.05, 4.69) is 10.3 Å². The molecule has 0 unspecified atom stereocenters. The van der Waals surface area contributed by atoms with Gasteiger partial charge in [-0.1, -0.05) is 18.2 Å². The number of hydrogen-bond acceptors (Lipinski definition) is 4. The molecule has 0 aliphatic heterocycles. The van der Waals surface area contributed by atoms with Gasteiger partial charge >= 0.3 is 6.03 Å². The number of carbonyl (C=O) groups is 1. The predicted octanol–water partition coefficient (Wildman–Crippen LogP) is 4.16. The molecule has 0 saturated carbocycles. The van der Waals surface area contributed by atoms with Gasteiger partial charge < -0.3 is 19.4 Å². The summed E-state index contributed by atoms with van der Waals surface area (Å²) in [5, 5.41) is 2.99. The molecule has 2 amide bonds. The van der Waals surface area contributed by atoms with Crippen LogP contribution in [0.4, 0.5) is 4.79 Å². The fraction of sp³-hybridized carbons (Fsp3) is 0.238. The normalized spacial score (nSPS) is 11.6. The molecular weight excluding hydrogens is 342 g/mol. The van der Waals surface area contributed by atoms with Crippen LogP contribution < -0.4 is 10.1 Å². The van der Waals surface area contributed by atoms with Gasteiger partial charge in [0.15, 0.2) is 0 Å². The van der Waals surface area contributed by atoms with E-state index in [4.69, 9.17) is 9.15 Å². The number of aromatic nitrogens is 1. The van der Waals surface area contributed by atoms with E-state index in [9.17, 15) is 4.79 Å². The van der Waals surface area contributed by atoms with Crippen LogP contribution in [0.2, 0.25) is 0 Å². The molecule has 0 aliphatic rings. The molecule has 140 valence electrons. The Labute approximate surface area is 158 Å². The Morgan fingerprint density at radius 2 is 2.11 bits per heavy atom. The topological polar surface area (TPSA) is 67.6 Å². The van der Waals surface area contributed by atoms with Crippen LogP contribution >= 0.6 is 0 Å². The van der Waals surface area contributed by atoms with E-state index >= 15 is 0 Å². The molecule has 0 aliphatic carbocycles. The highest BCUT2D eigenvalue weighted by Crippen LogP contribution is 2.20. The van der Waals surface area contributed by atoms with Gasteiger partial charge in [-0.2, -0.15) is 0 Å². The Morgan fingerprint density at radius 3 is 2.85 bits per heavy atom. The first-order valence-corrected chi connectivity index (χ1v) is 8.78. The van der Waals surface area contributed by atoms with Crippen LogP contribution in [-0.4, -0.2) is 23.0 Å². The van der Waals surface area contributed by atoms with Crippen LogP contribution in [0.5, 0.6) is 5.75 Å². The molecular formula is C21H23N3O3. The number of hydrogen-bond donors (Lipinski definition) is 1. The standard InChI is InChI=1S/C21H23N3O3/c1-16(23-21(25)24(2)14-20-10-6-12-26-20)17-7-5-9-19(13-17)27-15-18-8-3-4-11-22-18/h3-13,16H,14-15H2,1-2H3,(H,23,25)/t16-/m1/s1. The van der Waals surface area contributed by atoms with Crippen molar-refractivity contribution in [2.75, 3.05) is 7.05 Å². The van der Waals surface area contributed by atoms with E-state index in [1.807, 2.05) is 55.5 Å². The maximum Gasteiger partial charge on any atom is 0.318 e. The van der Waals surface area contributed by atoms with Crippen molar-refractivity contribution in [1.29, 1.82) is 0 Å². The zero-order valence-electron chi connectivity index (χ0n) is 15.5. The molecule has 1 atom stereocenters. The fourth-order valence-corrected chi connectivity index (χ4v) is 2.60. The summed E-state index contributed by atoms with van der Waals surface area (Å²) in [6, 6.07) is 16.7.